The van der Waals surface area contributed by atoms with Gasteiger partial charge >= 0.3 is 5.97 Å². The van der Waals surface area contributed by atoms with Crippen LogP contribution in [-0.4, -0.2) is 28.6 Å². The molecule has 27 heavy (non-hydrogen) atoms. The first-order chi connectivity index (χ1) is 12.7. The van der Waals surface area contributed by atoms with Crippen molar-refractivity contribution >= 4 is 17.8 Å². The van der Waals surface area contributed by atoms with Crippen LogP contribution in [0.2, 0.25) is 0 Å². The highest BCUT2D eigenvalue weighted by atomic mass is 16.5. The van der Waals surface area contributed by atoms with Crippen LogP contribution in [0.4, 0.5) is 0 Å². The Morgan fingerprint density at radius 2 is 1.74 bits per heavy atom. The number of hydrogen-bond acceptors (Lipinski definition) is 4. The number of carbonyl (C=O) groups excluding carboxylic acids is 1. The van der Waals surface area contributed by atoms with Gasteiger partial charge in [0, 0.05) is 0 Å². The lowest BCUT2D eigenvalue weighted by molar-refractivity contribution is 0.0696. The van der Waals surface area contributed by atoms with Crippen LogP contribution in [-0.2, 0) is 0 Å². The van der Waals surface area contributed by atoms with E-state index in [-0.39, 0.29) is 28.1 Å². The largest absolute Gasteiger partial charge is 0.507 e. The second kappa shape index (κ2) is 8.54. The summed E-state index contributed by atoms with van der Waals surface area (Å²) in [5.74, 6) is -1.19. The van der Waals surface area contributed by atoms with Crippen LogP contribution in [0.25, 0.3) is 6.08 Å². The Balaban J connectivity index is 2.16. The van der Waals surface area contributed by atoms with Crippen molar-refractivity contribution in [3.8, 4) is 11.5 Å². The first-order valence-corrected chi connectivity index (χ1v) is 8.68. The molecule has 0 radical (unpaired) electrons. The van der Waals surface area contributed by atoms with Crippen molar-refractivity contribution < 1.29 is 24.5 Å². The van der Waals surface area contributed by atoms with Gasteiger partial charge in [0.15, 0.2) is 5.78 Å². The monoisotopic (exact) mass is 368 g/mol. The Morgan fingerprint density at radius 1 is 1.07 bits per heavy atom. The molecule has 2 aromatic carbocycles. The van der Waals surface area contributed by atoms with Gasteiger partial charge in [-0.15, -0.1) is 0 Å². The van der Waals surface area contributed by atoms with Gasteiger partial charge in [-0.2, -0.15) is 0 Å². The van der Waals surface area contributed by atoms with Crippen LogP contribution in [0.15, 0.2) is 48.5 Å². The molecule has 2 N–H and O–H groups in total. The molecule has 0 aliphatic heterocycles. The van der Waals surface area contributed by atoms with E-state index in [0.717, 1.165) is 6.42 Å². The summed E-state index contributed by atoms with van der Waals surface area (Å²) in [5, 5.41) is 19.0. The second-order valence-corrected chi connectivity index (χ2v) is 7.43. The summed E-state index contributed by atoms with van der Waals surface area (Å²) in [5.41, 5.74) is 1.07. The molecular formula is C22H24O5. The van der Waals surface area contributed by atoms with E-state index in [0.29, 0.717) is 17.9 Å². The third kappa shape index (κ3) is 5.99. The number of aromatic hydroxyl groups is 1. The number of phenols is 1. The molecule has 0 atom stereocenters. The quantitative estimate of drug-likeness (QED) is 0.542. The number of aromatic carboxylic acids is 1. The number of ether oxygens (including phenoxy) is 1. The molecule has 0 saturated heterocycles. The van der Waals surface area contributed by atoms with E-state index < -0.39 is 5.97 Å². The molecule has 5 heteroatoms. The molecule has 2 rings (SSSR count). The number of benzene rings is 2. The van der Waals surface area contributed by atoms with Crippen molar-refractivity contribution in [1.29, 1.82) is 0 Å². The van der Waals surface area contributed by atoms with E-state index in [1.807, 2.05) is 0 Å². The summed E-state index contributed by atoms with van der Waals surface area (Å²) in [4.78, 5) is 23.4. The predicted octanol–water partition coefficient (Wildman–Crippen LogP) is 4.80. The number of carboxylic acids is 1. The van der Waals surface area contributed by atoms with Crippen molar-refractivity contribution in [1.82, 2.24) is 0 Å². The minimum absolute atomic E-state index is 0.100. The SMILES string of the molecule is CC(C)(C)CCOc1cccc(O)c1C(=O)/C=C/c1ccc(C(=O)O)cc1. The lowest BCUT2D eigenvalue weighted by Gasteiger charge is -2.19. The fourth-order valence-corrected chi connectivity index (χ4v) is 2.35. The topological polar surface area (TPSA) is 83.8 Å². The highest BCUT2D eigenvalue weighted by molar-refractivity contribution is 6.10. The molecular weight excluding hydrogens is 344 g/mol. The zero-order valence-corrected chi connectivity index (χ0v) is 15.7. The molecule has 2 aromatic rings. The lowest BCUT2D eigenvalue weighted by Crippen LogP contribution is -2.12. The Kier molecular flexibility index (Phi) is 6.40. The van der Waals surface area contributed by atoms with Crippen molar-refractivity contribution in [3.63, 3.8) is 0 Å². The molecule has 0 amide bonds. The number of carboxylic acid groups (broad SMARTS) is 1. The minimum Gasteiger partial charge on any atom is -0.507 e. The van der Waals surface area contributed by atoms with E-state index in [2.05, 4.69) is 20.8 Å². The van der Waals surface area contributed by atoms with Crippen molar-refractivity contribution in [2.45, 2.75) is 27.2 Å². The van der Waals surface area contributed by atoms with Gasteiger partial charge in [0.05, 0.1) is 12.2 Å². The van der Waals surface area contributed by atoms with Gasteiger partial charge in [0.2, 0.25) is 0 Å². The van der Waals surface area contributed by atoms with Crippen molar-refractivity contribution in [2.24, 2.45) is 5.41 Å². The summed E-state index contributed by atoms with van der Waals surface area (Å²) in [7, 11) is 0. The third-order valence-corrected chi connectivity index (χ3v) is 3.95. The fraction of sp³-hybridized carbons (Fsp3) is 0.273. The van der Waals surface area contributed by atoms with Crippen molar-refractivity contribution in [2.75, 3.05) is 6.61 Å². The fourth-order valence-electron chi connectivity index (χ4n) is 2.35. The zero-order chi connectivity index (χ0) is 20.0. The molecule has 0 spiro atoms. The highest BCUT2D eigenvalue weighted by Crippen LogP contribution is 2.29. The minimum atomic E-state index is -1.01. The van der Waals surface area contributed by atoms with Crippen LogP contribution in [0.5, 0.6) is 11.5 Å². The zero-order valence-electron chi connectivity index (χ0n) is 15.7. The number of phenolic OH excluding ortho intramolecular Hbond substituents is 1. The Bertz CT molecular complexity index is 842. The predicted molar refractivity (Wildman–Crippen MR) is 104 cm³/mol. The van der Waals surface area contributed by atoms with Crippen LogP contribution >= 0.6 is 0 Å². The number of ketones is 1. The molecule has 0 heterocycles. The van der Waals surface area contributed by atoms with E-state index >= 15 is 0 Å². The van der Waals surface area contributed by atoms with Crippen LogP contribution < -0.4 is 4.74 Å². The first kappa shape index (κ1) is 20.2. The third-order valence-electron chi connectivity index (χ3n) is 3.95. The van der Waals surface area contributed by atoms with Gasteiger partial charge in [0.1, 0.15) is 17.1 Å². The number of carbonyl (C=O) groups is 2. The van der Waals surface area contributed by atoms with Gasteiger partial charge in [-0.05, 0) is 47.7 Å². The Hall–Kier alpha value is -3.08. The molecule has 5 nitrogen and oxygen atoms in total. The number of hydrogen-bond donors (Lipinski definition) is 2. The average Bonchev–Trinajstić information content (AvgIpc) is 2.59. The summed E-state index contributed by atoms with van der Waals surface area (Å²) >= 11 is 0. The Labute approximate surface area is 158 Å². The second-order valence-electron chi connectivity index (χ2n) is 7.43. The summed E-state index contributed by atoms with van der Waals surface area (Å²) in [6.45, 7) is 6.74. The molecule has 0 aromatic heterocycles. The molecule has 0 aliphatic carbocycles. The van der Waals surface area contributed by atoms with E-state index in [4.69, 9.17) is 9.84 Å². The molecule has 142 valence electrons. The van der Waals surface area contributed by atoms with E-state index in [1.165, 1.54) is 24.3 Å². The number of rotatable bonds is 7. The van der Waals surface area contributed by atoms with E-state index in [9.17, 15) is 14.7 Å². The summed E-state index contributed by atoms with van der Waals surface area (Å²) < 4.78 is 5.73. The maximum absolute atomic E-state index is 12.6. The van der Waals surface area contributed by atoms with Gasteiger partial charge in [0.25, 0.3) is 0 Å². The van der Waals surface area contributed by atoms with Gasteiger partial charge < -0.3 is 14.9 Å². The Morgan fingerprint density at radius 3 is 2.33 bits per heavy atom. The molecule has 0 bridgehead atoms. The van der Waals surface area contributed by atoms with Gasteiger partial charge in [-0.1, -0.05) is 45.0 Å². The van der Waals surface area contributed by atoms with Crippen LogP contribution in [0.3, 0.4) is 0 Å². The van der Waals surface area contributed by atoms with Crippen LogP contribution in [0, 0.1) is 5.41 Å². The molecule has 0 unspecified atom stereocenters. The standard InChI is InChI=1S/C22H24O5/c1-22(2,3)13-14-27-19-6-4-5-17(23)20(19)18(24)12-9-15-7-10-16(11-8-15)21(25)26/h4-12,23H,13-14H2,1-3H3,(H,25,26)/b12-9+. The first-order valence-electron chi connectivity index (χ1n) is 8.68. The lowest BCUT2D eigenvalue weighted by atomic mass is 9.93. The molecule has 0 saturated carbocycles. The van der Waals surface area contributed by atoms with Crippen LogP contribution in [0.1, 0.15) is 53.5 Å². The maximum atomic E-state index is 12.6. The molecule has 0 aliphatic rings. The highest BCUT2D eigenvalue weighted by Gasteiger charge is 2.17. The average molecular weight is 368 g/mol. The van der Waals surface area contributed by atoms with Gasteiger partial charge in [-0.3, -0.25) is 4.79 Å². The maximum Gasteiger partial charge on any atom is 0.335 e. The molecule has 0 fully saturated rings. The van der Waals surface area contributed by atoms with E-state index in [1.54, 1.807) is 30.3 Å². The summed E-state index contributed by atoms with van der Waals surface area (Å²) in [6, 6.07) is 10.9. The van der Waals surface area contributed by atoms with Gasteiger partial charge in [-0.25, -0.2) is 4.79 Å². The van der Waals surface area contributed by atoms with Crippen molar-refractivity contribution in [3.05, 3.63) is 65.2 Å². The summed E-state index contributed by atoms with van der Waals surface area (Å²) in [6.07, 6.45) is 3.71. The number of allylic oxidation sites excluding steroid dienone is 1. The normalized spacial score (nSPS) is 11.5. The smallest absolute Gasteiger partial charge is 0.335 e.